The first-order valence-corrected chi connectivity index (χ1v) is 5.39. The second-order valence-electron chi connectivity index (χ2n) is 3.86. The third kappa shape index (κ3) is 2.95. The maximum absolute atomic E-state index is 11.7. The van der Waals surface area contributed by atoms with Crippen LogP contribution in [-0.4, -0.2) is 11.1 Å². The first-order valence-electron chi connectivity index (χ1n) is 5.39. The third-order valence-corrected chi connectivity index (χ3v) is 2.34. The SMILES string of the molecule is Cc1cc(NC(=O)Cc2ccc(C#N)cc2)no1. The Kier molecular flexibility index (Phi) is 3.39. The summed E-state index contributed by atoms with van der Waals surface area (Å²) < 4.78 is 4.85. The maximum Gasteiger partial charge on any atom is 0.230 e. The van der Waals surface area contributed by atoms with Crippen LogP contribution in [0, 0.1) is 18.3 Å². The quantitative estimate of drug-likeness (QED) is 0.891. The Balaban J connectivity index is 1.96. The van der Waals surface area contributed by atoms with E-state index in [-0.39, 0.29) is 12.3 Å². The molecule has 5 nitrogen and oxygen atoms in total. The van der Waals surface area contributed by atoms with Gasteiger partial charge in [-0.25, -0.2) is 0 Å². The molecule has 18 heavy (non-hydrogen) atoms. The summed E-state index contributed by atoms with van der Waals surface area (Å²) in [6, 6.07) is 10.6. The zero-order valence-electron chi connectivity index (χ0n) is 9.80. The summed E-state index contributed by atoms with van der Waals surface area (Å²) in [5, 5.41) is 15.0. The highest BCUT2D eigenvalue weighted by molar-refractivity contribution is 5.91. The molecule has 0 aliphatic rings. The van der Waals surface area contributed by atoms with Gasteiger partial charge in [-0.3, -0.25) is 4.79 Å². The molecule has 0 bridgehead atoms. The Hall–Kier alpha value is -2.61. The van der Waals surface area contributed by atoms with Crippen molar-refractivity contribution in [3.63, 3.8) is 0 Å². The number of amides is 1. The van der Waals surface area contributed by atoms with Crippen molar-refractivity contribution >= 4 is 11.7 Å². The van der Waals surface area contributed by atoms with Gasteiger partial charge in [0.2, 0.25) is 5.91 Å². The number of carbonyl (C=O) groups is 1. The van der Waals surface area contributed by atoms with Crippen LogP contribution in [0.4, 0.5) is 5.82 Å². The van der Waals surface area contributed by atoms with Crippen LogP contribution >= 0.6 is 0 Å². The van der Waals surface area contributed by atoms with Crippen molar-refractivity contribution in [2.75, 3.05) is 5.32 Å². The number of hydrogen-bond acceptors (Lipinski definition) is 4. The van der Waals surface area contributed by atoms with Gasteiger partial charge in [-0.15, -0.1) is 0 Å². The number of nitrogens with zero attached hydrogens (tertiary/aromatic N) is 2. The standard InChI is InChI=1S/C13H11N3O2/c1-9-6-12(16-18-9)15-13(17)7-10-2-4-11(8-14)5-3-10/h2-6H,7H2,1H3,(H,15,16,17). The summed E-state index contributed by atoms with van der Waals surface area (Å²) in [4.78, 5) is 11.7. The van der Waals surface area contributed by atoms with Gasteiger partial charge in [0.1, 0.15) is 5.76 Å². The van der Waals surface area contributed by atoms with Crippen molar-refractivity contribution in [3.05, 3.63) is 47.2 Å². The summed E-state index contributed by atoms with van der Waals surface area (Å²) in [5.74, 6) is 0.878. The van der Waals surface area contributed by atoms with Crippen molar-refractivity contribution in [2.24, 2.45) is 0 Å². The molecule has 90 valence electrons. The van der Waals surface area contributed by atoms with E-state index in [0.29, 0.717) is 17.1 Å². The first kappa shape index (κ1) is 11.9. The monoisotopic (exact) mass is 241 g/mol. The second kappa shape index (κ2) is 5.15. The number of anilines is 1. The number of rotatable bonds is 3. The van der Waals surface area contributed by atoms with Gasteiger partial charge in [-0.1, -0.05) is 17.3 Å². The Labute approximate surface area is 104 Å². The number of aryl methyl sites for hydroxylation is 1. The Bertz CT molecular complexity index is 593. The fraction of sp³-hybridized carbons (Fsp3) is 0.154. The lowest BCUT2D eigenvalue weighted by atomic mass is 10.1. The largest absolute Gasteiger partial charge is 0.360 e. The molecular weight excluding hydrogens is 230 g/mol. The molecule has 0 aliphatic carbocycles. The van der Waals surface area contributed by atoms with E-state index in [2.05, 4.69) is 10.5 Å². The number of benzene rings is 1. The molecule has 0 fully saturated rings. The minimum absolute atomic E-state index is 0.173. The van der Waals surface area contributed by atoms with Crippen LogP contribution in [0.2, 0.25) is 0 Å². The highest BCUT2D eigenvalue weighted by Crippen LogP contribution is 2.09. The van der Waals surface area contributed by atoms with E-state index < -0.39 is 0 Å². The number of carbonyl (C=O) groups excluding carboxylic acids is 1. The van der Waals surface area contributed by atoms with Gasteiger partial charge in [0, 0.05) is 6.07 Å². The molecule has 5 heteroatoms. The molecule has 1 N–H and O–H groups in total. The molecule has 2 aromatic rings. The van der Waals surface area contributed by atoms with Gasteiger partial charge in [0.05, 0.1) is 18.1 Å². The Morgan fingerprint density at radius 3 is 2.72 bits per heavy atom. The molecule has 0 unspecified atom stereocenters. The summed E-state index contributed by atoms with van der Waals surface area (Å²) in [6.45, 7) is 1.75. The van der Waals surface area contributed by atoms with E-state index in [4.69, 9.17) is 9.78 Å². The molecule has 0 spiro atoms. The lowest BCUT2D eigenvalue weighted by molar-refractivity contribution is -0.115. The summed E-state index contributed by atoms with van der Waals surface area (Å²) in [7, 11) is 0. The molecule has 0 atom stereocenters. The Morgan fingerprint density at radius 2 is 2.17 bits per heavy atom. The molecule has 1 amide bonds. The average molecular weight is 241 g/mol. The Morgan fingerprint density at radius 1 is 1.44 bits per heavy atom. The van der Waals surface area contributed by atoms with Crippen molar-refractivity contribution in [1.82, 2.24) is 5.16 Å². The van der Waals surface area contributed by atoms with E-state index in [0.717, 1.165) is 5.56 Å². The molecule has 0 saturated heterocycles. The number of aromatic nitrogens is 1. The van der Waals surface area contributed by atoms with Crippen molar-refractivity contribution in [1.29, 1.82) is 5.26 Å². The zero-order chi connectivity index (χ0) is 13.0. The van der Waals surface area contributed by atoms with E-state index >= 15 is 0 Å². The van der Waals surface area contributed by atoms with Crippen LogP contribution < -0.4 is 5.32 Å². The van der Waals surface area contributed by atoms with E-state index in [1.54, 1.807) is 37.3 Å². The van der Waals surface area contributed by atoms with E-state index in [1.807, 2.05) is 6.07 Å². The highest BCUT2D eigenvalue weighted by atomic mass is 16.5. The van der Waals surface area contributed by atoms with Gasteiger partial charge in [0.15, 0.2) is 5.82 Å². The fourth-order valence-electron chi connectivity index (χ4n) is 1.49. The summed E-state index contributed by atoms with van der Waals surface area (Å²) >= 11 is 0. The van der Waals surface area contributed by atoms with Crippen LogP contribution in [0.15, 0.2) is 34.9 Å². The van der Waals surface area contributed by atoms with Crippen LogP contribution in [-0.2, 0) is 11.2 Å². The first-order chi connectivity index (χ1) is 8.67. The number of nitriles is 1. The maximum atomic E-state index is 11.7. The van der Waals surface area contributed by atoms with Crippen molar-refractivity contribution < 1.29 is 9.32 Å². The molecule has 0 saturated carbocycles. The second-order valence-corrected chi connectivity index (χ2v) is 3.86. The number of hydrogen-bond donors (Lipinski definition) is 1. The minimum Gasteiger partial charge on any atom is -0.360 e. The van der Waals surface area contributed by atoms with Crippen molar-refractivity contribution in [3.8, 4) is 6.07 Å². The lowest BCUT2D eigenvalue weighted by Gasteiger charge is -2.01. The molecule has 1 aromatic carbocycles. The predicted molar refractivity (Wildman–Crippen MR) is 64.7 cm³/mol. The fourth-order valence-corrected chi connectivity index (χ4v) is 1.49. The highest BCUT2D eigenvalue weighted by Gasteiger charge is 2.07. The predicted octanol–water partition coefficient (Wildman–Crippen LogP) is 2.04. The van der Waals surface area contributed by atoms with Gasteiger partial charge < -0.3 is 9.84 Å². The van der Waals surface area contributed by atoms with Crippen LogP contribution in [0.25, 0.3) is 0 Å². The van der Waals surface area contributed by atoms with Crippen LogP contribution in [0.1, 0.15) is 16.9 Å². The molecule has 2 rings (SSSR count). The third-order valence-electron chi connectivity index (χ3n) is 2.34. The van der Waals surface area contributed by atoms with Gasteiger partial charge in [0.25, 0.3) is 0 Å². The smallest absolute Gasteiger partial charge is 0.230 e. The van der Waals surface area contributed by atoms with Crippen LogP contribution in [0.3, 0.4) is 0 Å². The molecule has 1 heterocycles. The summed E-state index contributed by atoms with van der Waals surface area (Å²) in [6.07, 6.45) is 0.234. The molecular formula is C13H11N3O2. The van der Waals surface area contributed by atoms with Gasteiger partial charge in [-0.2, -0.15) is 5.26 Å². The lowest BCUT2D eigenvalue weighted by Crippen LogP contribution is -2.14. The average Bonchev–Trinajstić information content (AvgIpc) is 2.75. The van der Waals surface area contributed by atoms with Gasteiger partial charge in [-0.05, 0) is 24.6 Å². The number of nitrogens with one attached hydrogen (secondary N) is 1. The molecule has 1 aromatic heterocycles. The topological polar surface area (TPSA) is 78.9 Å². The van der Waals surface area contributed by atoms with Crippen molar-refractivity contribution in [2.45, 2.75) is 13.3 Å². The van der Waals surface area contributed by atoms with Gasteiger partial charge >= 0.3 is 0 Å². The van der Waals surface area contributed by atoms with E-state index in [9.17, 15) is 4.79 Å². The zero-order valence-corrected chi connectivity index (χ0v) is 9.80. The molecule has 0 aliphatic heterocycles. The van der Waals surface area contributed by atoms with E-state index in [1.165, 1.54) is 0 Å². The molecule has 0 radical (unpaired) electrons. The minimum atomic E-state index is -0.173. The summed E-state index contributed by atoms with van der Waals surface area (Å²) in [5.41, 5.74) is 1.41. The van der Waals surface area contributed by atoms with Crippen LogP contribution in [0.5, 0.6) is 0 Å². The normalized spacial score (nSPS) is 9.78.